The fraction of sp³-hybridized carbons (Fsp3) is 0.536. The molecule has 3 rings (SSSR count). The Labute approximate surface area is 211 Å². The smallest absolute Gasteiger partial charge is 0.227 e. The molecule has 2 aromatic rings. The van der Waals surface area contributed by atoms with E-state index in [4.69, 9.17) is 9.47 Å². The van der Waals surface area contributed by atoms with E-state index >= 15 is 0 Å². The van der Waals surface area contributed by atoms with Crippen LogP contribution in [0.25, 0.3) is 0 Å². The third-order valence-corrected chi connectivity index (χ3v) is 6.86. The van der Waals surface area contributed by atoms with E-state index in [1.54, 1.807) is 14.2 Å². The van der Waals surface area contributed by atoms with Gasteiger partial charge in [-0.05, 0) is 86.9 Å². The molecular weight excluding hydrogens is 440 g/mol. The number of hydrogen-bond acceptors (Lipinski definition) is 6. The molecule has 1 heterocycles. The van der Waals surface area contributed by atoms with Crippen LogP contribution in [-0.4, -0.2) is 90.8 Å². The predicted molar refractivity (Wildman–Crippen MR) is 144 cm³/mol. The lowest BCUT2D eigenvalue weighted by molar-refractivity contribution is -0.130. The standard InChI is InChI=1S/C28H42N4O3/c1-29(2)24-9-11-25(12-10-24)31(4)16-7-14-30(3)15-8-17-32-18-13-22-19-26(34-5)27(35-6)20-23(22)21-28(32)33/h9-12,19-20H,7-8,13-18,21H2,1-6H3. The normalized spacial score (nSPS) is 13.5. The highest BCUT2D eigenvalue weighted by molar-refractivity contribution is 5.80. The average Bonchev–Trinajstić information content (AvgIpc) is 3.00. The van der Waals surface area contributed by atoms with Crippen LogP contribution in [0.3, 0.4) is 0 Å². The molecule has 1 aliphatic rings. The predicted octanol–water partition coefficient (Wildman–Crippen LogP) is 3.55. The second-order valence-electron chi connectivity index (χ2n) is 9.63. The molecule has 7 nitrogen and oxygen atoms in total. The first-order valence-electron chi connectivity index (χ1n) is 12.5. The van der Waals surface area contributed by atoms with E-state index < -0.39 is 0 Å². The molecule has 35 heavy (non-hydrogen) atoms. The molecule has 2 aromatic carbocycles. The number of hydrogen-bond donors (Lipinski definition) is 0. The van der Waals surface area contributed by atoms with E-state index in [-0.39, 0.29) is 5.91 Å². The van der Waals surface area contributed by atoms with Gasteiger partial charge in [0.1, 0.15) is 0 Å². The van der Waals surface area contributed by atoms with Crippen LogP contribution in [0, 0.1) is 0 Å². The number of anilines is 2. The van der Waals surface area contributed by atoms with E-state index in [1.807, 2.05) is 17.0 Å². The van der Waals surface area contributed by atoms with E-state index in [0.717, 1.165) is 63.3 Å². The number of carbonyl (C=O) groups excluding carboxylic acids is 1. The molecular formula is C28H42N4O3. The summed E-state index contributed by atoms with van der Waals surface area (Å²) in [6.07, 6.45) is 3.35. The number of amides is 1. The first-order valence-corrected chi connectivity index (χ1v) is 12.5. The van der Waals surface area contributed by atoms with Gasteiger partial charge in [0, 0.05) is 52.2 Å². The molecule has 0 aliphatic carbocycles. The molecule has 192 valence electrons. The van der Waals surface area contributed by atoms with Crippen LogP contribution in [0.5, 0.6) is 11.5 Å². The minimum Gasteiger partial charge on any atom is -0.493 e. The summed E-state index contributed by atoms with van der Waals surface area (Å²) in [5, 5.41) is 0. The molecule has 0 saturated carbocycles. The fourth-order valence-electron chi connectivity index (χ4n) is 4.61. The molecule has 0 N–H and O–H groups in total. The number of benzene rings is 2. The molecule has 7 heteroatoms. The molecule has 0 spiro atoms. The van der Waals surface area contributed by atoms with Gasteiger partial charge in [-0.15, -0.1) is 0 Å². The maximum Gasteiger partial charge on any atom is 0.227 e. The Morgan fingerprint density at radius 3 is 2.06 bits per heavy atom. The second kappa shape index (κ2) is 12.7. The van der Waals surface area contributed by atoms with Crippen LogP contribution < -0.4 is 19.3 Å². The molecule has 0 unspecified atom stereocenters. The van der Waals surface area contributed by atoms with Gasteiger partial charge in [-0.3, -0.25) is 4.79 Å². The Balaban J connectivity index is 1.39. The van der Waals surface area contributed by atoms with Crippen molar-refractivity contribution in [3.05, 3.63) is 47.5 Å². The topological polar surface area (TPSA) is 48.5 Å². The summed E-state index contributed by atoms with van der Waals surface area (Å²) in [4.78, 5) is 21.7. The van der Waals surface area contributed by atoms with Gasteiger partial charge < -0.3 is 29.1 Å². The van der Waals surface area contributed by atoms with Crippen LogP contribution in [0.1, 0.15) is 24.0 Å². The number of fused-ring (bicyclic) bond motifs is 1. The van der Waals surface area contributed by atoms with Crippen molar-refractivity contribution in [2.24, 2.45) is 0 Å². The zero-order chi connectivity index (χ0) is 25.4. The summed E-state index contributed by atoms with van der Waals surface area (Å²) < 4.78 is 10.9. The summed E-state index contributed by atoms with van der Waals surface area (Å²) in [7, 11) is 11.7. The highest BCUT2D eigenvalue weighted by Crippen LogP contribution is 2.32. The highest BCUT2D eigenvalue weighted by atomic mass is 16.5. The van der Waals surface area contributed by atoms with Gasteiger partial charge in [-0.1, -0.05) is 0 Å². The van der Waals surface area contributed by atoms with Crippen molar-refractivity contribution < 1.29 is 14.3 Å². The Morgan fingerprint density at radius 1 is 0.829 bits per heavy atom. The van der Waals surface area contributed by atoms with Gasteiger partial charge in [0.05, 0.1) is 20.6 Å². The fourth-order valence-corrected chi connectivity index (χ4v) is 4.61. The molecule has 0 atom stereocenters. The van der Waals surface area contributed by atoms with E-state index in [9.17, 15) is 4.79 Å². The van der Waals surface area contributed by atoms with Crippen LogP contribution in [-0.2, 0) is 17.6 Å². The van der Waals surface area contributed by atoms with Crippen LogP contribution in [0.2, 0.25) is 0 Å². The average molecular weight is 483 g/mol. The van der Waals surface area contributed by atoms with Crippen LogP contribution >= 0.6 is 0 Å². The molecule has 0 bridgehead atoms. The maximum atomic E-state index is 12.9. The summed E-state index contributed by atoms with van der Waals surface area (Å²) in [6, 6.07) is 12.7. The zero-order valence-electron chi connectivity index (χ0n) is 22.3. The van der Waals surface area contributed by atoms with Crippen molar-refractivity contribution in [1.29, 1.82) is 0 Å². The Bertz CT molecular complexity index is 961. The van der Waals surface area contributed by atoms with Crippen molar-refractivity contribution in [3.8, 4) is 11.5 Å². The third-order valence-electron chi connectivity index (χ3n) is 6.86. The third kappa shape index (κ3) is 7.28. The number of carbonyl (C=O) groups is 1. The molecule has 0 fully saturated rings. The van der Waals surface area contributed by atoms with Gasteiger partial charge in [-0.2, -0.15) is 0 Å². The van der Waals surface area contributed by atoms with Gasteiger partial charge in [0.15, 0.2) is 11.5 Å². The van der Waals surface area contributed by atoms with Crippen molar-refractivity contribution in [3.63, 3.8) is 0 Å². The number of methoxy groups -OCH3 is 2. The summed E-state index contributed by atoms with van der Waals surface area (Å²) in [5.74, 6) is 1.61. The Hall–Kier alpha value is -2.93. The summed E-state index contributed by atoms with van der Waals surface area (Å²) in [5.41, 5.74) is 4.69. The van der Waals surface area contributed by atoms with Gasteiger partial charge in [-0.25, -0.2) is 0 Å². The van der Waals surface area contributed by atoms with E-state index in [1.165, 1.54) is 16.9 Å². The van der Waals surface area contributed by atoms with Crippen molar-refractivity contribution in [2.45, 2.75) is 25.7 Å². The zero-order valence-corrected chi connectivity index (χ0v) is 22.3. The lowest BCUT2D eigenvalue weighted by Gasteiger charge is -2.24. The lowest BCUT2D eigenvalue weighted by atomic mass is 10.0. The van der Waals surface area contributed by atoms with Crippen LogP contribution in [0.4, 0.5) is 11.4 Å². The van der Waals surface area contributed by atoms with Crippen LogP contribution in [0.15, 0.2) is 36.4 Å². The highest BCUT2D eigenvalue weighted by Gasteiger charge is 2.22. The molecule has 0 radical (unpaired) electrons. The minimum absolute atomic E-state index is 0.195. The first kappa shape index (κ1) is 26.7. The van der Waals surface area contributed by atoms with Gasteiger partial charge in [0.2, 0.25) is 5.91 Å². The van der Waals surface area contributed by atoms with E-state index in [0.29, 0.717) is 12.2 Å². The number of nitrogens with zero attached hydrogens (tertiary/aromatic N) is 4. The number of rotatable bonds is 12. The SMILES string of the molecule is COc1cc2c(cc1OC)CC(=O)N(CCCN(C)CCCN(C)c1ccc(N(C)C)cc1)CC2. The van der Waals surface area contributed by atoms with Crippen molar-refractivity contribution >= 4 is 17.3 Å². The molecule has 1 amide bonds. The Morgan fingerprint density at radius 2 is 1.43 bits per heavy atom. The minimum atomic E-state index is 0.195. The lowest BCUT2D eigenvalue weighted by Crippen LogP contribution is -2.35. The maximum absolute atomic E-state index is 12.9. The first-order chi connectivity index (χ1) is 16.8. The second-order valence-corrected chi connectivity index (χ2v) is 9.63. The largest absolute Gasteiger partial charge is 0.493 e. The quantitative estimate of drug-likeness (QED) is 0.461. The van der Waals surface area contributed by atoms with Gasteiger partial charge >= 0.3 is 0 Å². The molecule has 1 aliphatic heterocycles. The van der Waals surface area contributed by atoms with Gasteiger partial charge in [0.25, 0.3) is 0 Å². The van der Waals surface area contributed by atoms with Crippen molar-refractivity contribution in [1.82, 2.24) is 9.80 Å². The molecule has 0 aromatic heterocycles. The van der Waals surface area contributed by atoms with E-state index in [2.05, 4.69) is 67.2 Å². The summed E-state index contributed by atoms with van der Waals surface area (Å²) >= 11 is 0. The Kier molecular flexibility index (Phi) is 9.66. The summed E-state index contributed by atoms with van der Waals surface area (Å²) in [6.45, 7) is 4.59. The molecule has 0 saturated heterocycles. The monoisotopic (exact) mass is 482 g/mol. The van der Waals surface area contributed by atoms with Crippen molar-refractivity contribution in [2.75, 3.05) is 84.9 Å². The number of ether oxygens (including phenoxy) is 2.